The molecule has 0 fully saturated rings. The van der Waals surface area contributed by atoms with Crippen molar-refractivity contribution in [3.8, 4) is 0 Å². The summed E-state index contributed by atoms with van der Waals surface area (Å²) in [7, 11) is -3.53. The maximum atomic E-state index is 11.9. The molecule has 2 aromatic rings. The Morgan fingerprint density at radius 2 is 1.86 bits per heavy atom. The number of aromatic nitrogens is 1. The van der Waals surface area contributed by atoms with Crippen LogP contribution in [0.25, 0.3) is 0 Å². The standard InChI is InChI=1S/C14H15N3O4S/c18-17(19)14-7-2-1-5-12(14)8-10-22(20,21)16-11-13-6-3-4-9-15-13/h1-7,9,16H,8,10-11H2. The van der Waals surface area contributed by atoms with Crippen molar-refractivity contribution in [2.24, 2.45) is 0 Å². The SMILES string of the molecule is O=[N+]([O-])c1ccccc1CCS(=O)(=O)NCc1ccccn1. The first-order valence-electron chi connectivity index (χ1n) is 6.57. The Labute approximate surface area is 128 Å². The number of pyridine rings is 1. The van der Waals surface area contributed by atoms with Crippen LogP contribution >= 0.6 is 0 Å². The lowest BCUT2D eigenvalue weighted by molar-refractivity contribution is -0.385. The van der Waals surface area contributed by atoms with Crippen molar-refractivity contribution >= 4 is 15.7 Å². The van der Waals surface area contributed by atoms with Gasteiger partial charge in [0.25, 0.3) is 5.69 Å². The van der Waals surface area contributed by atoms with E-state index >= 15 is 0 Å². The summed E-state index contributed by atoms with van der Waals surface area (Å²) in [6.45, 7) is 0.0973. The lowest BCUT2D eigenvalue weighted by atomic mass is 10.1. The first-order valence-corrected chi connectivity index (χ1v) is 8.23. The molecule has 1 aromatic carbocycles. The van der Waals surface area contributed by atoms with E-state index in [0.29, 0.717) is 11.3 Å². The number of aryl methyl sites for hydroxylation is 1. The average Bonchev–Trinajstić information content (AvgIpc) is 2.52. The molecular formula is C14H15N3O4S. The predicted molar refractivity (Wildman–Crippen MR) is 81.7 cm³/mol. The van der Waals surface area contributed by atoms with Gasteiger partial charge in [-0.2, -0.15) is 0 Å². The second-order valence-electron chi connectivity index (χ2n) is 4.60. The Hall–Kier alpha value is -2.32. The van der Waals surface area contributed by atoms with Gasteiger partial charge in [-0.25, -0.2) is 13.1 Å². The van der Waals surface area contributed by atoms with Gasteiger partial charge in [0.1, 0.15) is 0 Å². The number of benzene rings is 1. The average molecular weight is 321 g/mol. The number of nitrogens with one attached hydrogen (secondary N) is 1. The molecule has 0 aliphatic heterocycles. The third-order valence-corrected chi connectivity index (χ3v) is 4.35. The van der Waals surface area contributed by atoms with Gasteiger partial charge in [-0.05, 0) is 18.6 Å². The van der Waals surface area contributed by atoms with Gasteiger partial charge in [-0.1, -0.05) is 24.3 Å². The first kappa shape index (κ1) is 16.1. The van der Waals surface area contributed by atoms with Gasteiger partial charge >= 0.3 is 0 Å². The molecule has 8 heteroatoms. The highest BCUT2D eigenvalue weighted by Gasteiger charge is 2.16. The summed E-state index contributed by atoms with van der Waals surface area (Å²) in [5.74, 6) is -0.218. The fraction of sp³-hybridized carbons (Fsp3) is 0.214. The van der Waals surface area contributed by atoms with E-state index < -0.39 is 14.9 Å². The number of nitrogens with zero attached hydrogens (tertiary/aromatic N) is 2. The summed E-state index contributed by atoms with van der Waals surface area (Å²) in [4.78, 5) is 14.4. The quantitative estimate of drug-likeness (QED) is 0.617. The van der Waals surface area contributed by atoms with E-state index in [9.17, 15) is 18.5 Å². The molecule has 0 aliphatic carbocycles. The minimum atomic E-state index is -3.53. The zero-order valence-corrected chi connectivity index (χ0v) is 12.5. The van der Waals surface area contributed by atoms with Crippen LogP contribution in [0.5, 0.6) is 0 Å². The molecule has 0 radical (unpaired) electrons. The number of nitro groups is 1. The van der Waals surface area contributed by atoms with Crippen LogP contribution in [0.4, 0.5) is 5.69 Å². The predicted octanol–water partition coefficient (Wildman–Crippen LogP) is 1.65. The van der Waals surface area contributed by atoms with Gasteiger partial charge in [0, 0.05) is 17.8 Å². The number of para-hydroxylation sites is 1. The Morgan fingerprint density at radius 3 is 2.55 bits per heavy atom. The van der Waals surface area contributed by atoms with Crippen LogP contribution in [0.15, 0.2) is 48.7 Å². The van der Waals surface area contributed by atoms with Gasteiger partial charge in [0.2, 0.25) is 10.0 Å². The zero-order chi connectivity index (χ0) is 16.0. The second kappa shape index (κ2) is 7.10. The summed E-state index contributed by atoms with van der Waals surface area (Å²) in [6, 6.07) is 11.3. The maximum absolute atomic E-state index is 11.9. The fourth-order valence-corrected chi connectivity index (χ4v) is 2.90. The third-order valence-electron chi connectivity index (χ3n) is 3.03. The van der Waals surface area contributed by atoms with E-state index in [-0.39, 0.29) is 24.4 Å². The molecule has 2 rings (SSSR count). The van der Waals surface area contributed by atoms with E-state index in [1.807, 2.05) is 0 Å². The van der Waals surface area contributed by atoms with Crippen molar-refractivity contribution in [1.82, 2.24) is 9.71 Å². The molecule has 0 unspecified atom stereocenters. The van der Waals surface area contributed by atoms with E-state index in [1.54, 1.807) is 42.6 Å². The highest BCUT2D eigenvalue weighted by molar-refractivity contribution is 7.89. The summed E-state index contributed by atoms with van der Waals surface area (Å²) < 4.78 is 26.3. The van der Waals surface area contributed by atoms with Gasteiger partial charge in [0.05, 0.1) is 22.9 Å². The Morgan fingerprint density at radius 1 is 1.14 bits per heavy atom. The van der Waals surface area contributed by atoms with Crippen molar-refractivity contribution in [1.29, 1.82) is 0 Å². The highest BCUT2D eigenvalue weighted by atomic mass is 32.2. The molecule has 0 saturated carbocycles. The smallest absolute Gasteiger partial charge is 0.260 e. The number of nitro benzene ring substituents is 1. The molecule has 0 atom stereocenters. The van der Waals surface area contributed by atoms with Gasteiger partial charge in [-0.3, -0.25) is 15.1 Å². The first-order chi connectivity index (χ1) is 10.5. The van der Waals surface area contributed by atoms with Crippen LogP contribution in [0, 0.1) is 10.1 Å². The summed E-state index contributed by atoms with van der Waals surface area (Å²) in [5, 5.41) is 10.9. The van der Waals surface area contributed by atoms with E-state index in [1.165, 1.54) is 6.07 Å². The lowest BCUT2D eigenvalue weighted by Gasteiger charge is -2.07. The lowest BCUT2D eigenvalue weighted by Crippen LogP contribution is -2.27. The molecule has 0 saturated heterocycles. The van der Waals surface area contributed by atoms with Gasteiger partial charge in [0.15, 0.2) is 0 Å². The van der Waals surface area contributed by atoms with Crippen molar-refractivity contribution < 1.29 is 13.3 Å². The molecule has 22 heavy (non-hydrogen) atoms. The van der Waals surface area contributed by atoms with Gasteiger partial charge in [-0.15, -0.1) is 0 Å². The molecule has 0 aliphatic rings. The number of rotatable bonds is 7. The molecule has 116 valence electrons. The fourth-order valence-electron chi connectivity index (χ4n) is 1.90. The largest absolute Gasteiger partial charge is 0.272 e. The molecule has 0 spiro atoms. The number of sulfonamides is 1. The number of hydrogen-bond donors (Lipinski definition) is 1. The molecule has 0 amide bonds. The van der Waals surface area contributed by atoms with E-state index in [0.717, 1.165) is 0 Å². The molecule has 7 nitrogen and oxygen atoms in total. The zero-order valence-electron chi connectivity index (χ0n) is 11.7. The summed E-state index contributed by atoms with van der Waals surface area (Å²) >= 11 is 0. The molecule has 1 N–H and O–H groups in total. The Kier molecular flexibility index (Phi) is 5.18. The molecular weight excluding hydrogens is 306 g/mol. The highest BCUT2D eigenvalue weighted by Crippen LogP contribution is 2.18. The topological polar surface area (TPSA) is 102 Å². The van der Waals surface area contributed by atoms with E-state index in [4.69, 9.17) is 0 Å². The van der Waals surface area contributed by atoms with Crippen LogP contribution < -0.4 is 4.72 Å². The maximum Gasteiger partial charge on any atom is 0.272 e. The Balaban J connectivity index is 1.97. The number of hydrogen-bond acceptors (Lipinski definition) is 5. The van der Waals surface area contributed by atoms with Gasteiger partial charge < -0.3 is 0 Å². The van der Waals surface area contributed by atoms with Crippen molar-refractivity contribution in [3.63, 3.8) is 0 Å². The molecule has 1 aromatic heterocycles. The van der Waals surface area contributed by atoms with Crippen molar-refractivity contribution in [2.45, 2.75) is 13.0 Å². The third kappa shape index (κ3) is 4.61. The summed E-state index contributed by atoms with van der Waals surface area (Å²) in [5.41, 5.74) is 0.940. The monoisotopic (exact) mass is 321 g/mol. The minimum Gasteiger partial charge on any atom is -0.260 e. The van der Waals surface area contributed by atoms with Crippen LogP contribution in [0.1, 0.15) is 11.3 Å². The van der Waals surface area contributed by atoms with Crippen LogP contribution in [0.3, 0.4) is 0 Å². The van der Waals surface area contributed by atoms with Crippen molar-refractivity contribution in [3.05, 3.63) is 70.0 Å². The van der Waals surface area contributed by atoms with Crippen LogP contribution in [-0.2, 0) is 23.0 Å². The van der Waals surface area contributed by atoms with Crippen LogP contribution in [-0.4, -0.2) is 24.1 Å². The molecule has 1 heterocycles. The summed E-state index contributed by atoms with van der Waals surface area (Å²) in [6.07, 6.45) is 1.66. The second-order valence-corrected chi connectivity index (χ2v) is 6.52. The Bertz CT molecular complexity index is 748. The normalized spacial score (nSPS) is 11.3. The minimum absolute atomic E-state index is 0.0672. The molecule has 0 bridgehead atoms. The van der Waals surface area contributed by atoms with E-state index in [2.05, 4.69) is 9.71 Å². The van der Waals surface area contributed by atoms with Crippen LogP contribution in [0.2, 0.25) is 0 Å². The van der Waals surface area contributed by atoms with Crippen molar-refractivity contribution in [2.75, 3.05) is 5.75 Å².